The third kappa shape index (κ3) is 2.03. The topological polar surface area (TPSA) is 56.5 Å². The molecule has 7 heteroatoms. The van der Waals surface area contributed by atoms with Gasteiger partial charge in [-0.15, -0.1) is 0 Å². The Morgan fingerprint density at radius 2 is 2.31 bits per heavy atom. The number of esters is 1. The molecule has 0 spiro atoms. The van der Waals surface area contributed by atoms with Crippen molar-refractivity contribution in [2.24, 2.45) is 0 Å². The summed E-state index contributed by atoms with van der Waals surface area (Å²) in [7, 11) is 0. The molecule has 2 heterocycles. The number of carbonyl (C=O) groups excluding carboxylic acids is 1. The lowest BCUT2D eigenvalue weighted by atomic mass is 10.5. The van der Waals surface area contributed by atoms with Crippen LogP contribution in [-0.4, -0.2) is 26.9 Å². The van der Waals surface area contributed by atoms with E-state index in [2.05, 4.69) is 25.9 Å². The van der Waals surface area contributed by atoms with E-state index in [1.165, 1.54) is 0 Å². The first-order chi connectivity index (χ1) is 7.61. The maximum Gasteiger partial charge on any atom is 0.358 e. The number of nitrogens with zero attached hydrogens (tertiary/aromatic N) is 3. The Labute approximate surface area is 105 Å². The smallest absolute Gasteiger partial charge is 0.358 e. The van der Waals surface area contributed by atoms with Crippen molar-refractivity contribution in [3.05, 3.63) is 27.8 Å². The van der Waals surface area contributed by atoms with Crippen LogP contribution in [0, 0.1) is 0 Å². The molecule has 0 aliphatic carbocycles. The Balaban J connectivity index is 2.51. The number of ether oxygens (including phenoxy) is 1. The number of rotatable bonds is 2. The molecule has 0 atom stereocenters. The highest BCUT2D eigenvalue weighted by molar-refractivity contribution is 9.10. The van der Waals surface area contributed by atoms with Gasteiger partial charge in [0.2, 0.25) is 0 Å². The molecule has 0 saturated carbocycles. The van der Waals surface area contributed by atoms with E-state index < -0.39 is 5.97 Å². The monoisotopic (exact) mass is 303 g/mol. The minimum atomic E-state index is -0.474. The third-order valence-corrected chi connectivity index (χ3v) is 2.49. The van der Waals surface area contributed by atoms with Crippen LogP contribution in [0.5, 0.6) is 0 Å². The first-order valence-electron chi connectivity index (χ1n) is 4.49. The van der Waals surface area contributed by atoms with Crippen LogP contribution in [0.15, 0.2) is 17.0 Å². The van der Waals surface area contributed by atoms with Crippen LogP contribution < -0.4 is 0 Å². The van der Waals surface area contributed by atoms with E-state index in [1.54, 1.807) is 23.7 Å². The second-order valence-electron chi connectivity index (χ2n) is 2.93. The Hall–Kier alpha value is -1.14. The third-order valence-electron chi connectivity index (χ3n) is 1.85. The average molecular weight is 305 g/mol. The fraction of sp³-hybridized carbons (Fsp3) is 0.222. The van der Waals surface area contributed by atoms with Crippen LogP contribution in [0.1, 0.15) is 17.4 Å². The molecule has 84 valence electrons. The number of hydrogen-bond acceptors (Lipinski definition) is 4. The van der Waals surface area contributed by atoms with Gasteiger partial charge in [-0.05, 0) is 22.9 Å². The van der Waals surface area contributed by atoms with E-state index in [-0.39, 0.29) is 10.8 Å². The lowest BCUT2D eigenvalue weighted by molar-refractivity contribution is 0.0520. The number of halogens is 2. The highest BCUT2D eigenvalue weighted by atomic mass is 79.9. The maximum absolute atomic E-state index is 11.4. The van der Waals surface area contributed by atoms with Crippen molar-refractivity contribution < 1.29 is 9.53 Å². The van der Waals surface area contributed by atoms with Gasteiger partial charge in [0, 0.05) is 12.4 Å². The van der Waals surface area contributed by atoms with E-state index in [0.717, 1.165) is 0 Å². The predicted octanol–water partition coefficient (Wildman–Crippen LogP) is 2.32. The SMILES string of the molecule is CCOC(=O)c1cn2cc(Br)nc(Cl)c2n1. The van der Waals surface area contributed by atoms with Gasteiger partial charge in [0.1, 0.15) is 4.60 Å². The zero-order valence-electron chi connectivity index (χ0n) is 8.28. The van der Waals surface area contributed by atoms with Gasteiger partial charge < -0.3 is 9.14 Å². The Morgan fingerprint density at radius 3 is 3.00 bits per heavy atom. The molecule has 0 aromatic carbocycles. The summed E-state index contributed by atoms with van der Waals surface area (Å²) in [5.41, 5.74) is 0.636. The van der Waals surface area contributed by atoms with Crippen molar-refractivity contribution in [2.45, 2.75) is 6.92 Å². The minimum absolute atomic E-state index is 0.212. The van der Waals surface area contributed by atoms with Gasteiger partial charge in [0.05, 0.1) is 6.61 Å². The summed E-state index contributed by atoms with van der Waals surface area (Å²) in [6, 6.07) is 0. The minimum Gasteiger partial charge on any atom is -0.461 e. The summed E-state index contributed by atoms with van der Waals surface area (Å²) in [4.78, 5) is 19.4. The standard InChI is InChI=1S/C9H7BrClN3O2/c1-2-16-9(15)5-3-14-4-6(10)13-7(11)8(14)12-5/h3-4H,2H2,1H3. The second kappa shape index (κ2) is 4.39. The fourth-order valence-corrected chi connectivity index (χ4v) is 1.97. The fourth-order valence-electron chi connectivity index (χ4n) is 1.24. The molecule has 0 bridgehead atoms. The lowest BCUT2D eigenvalue weighted by Gasteiger charge is -1.95. The van der Waals surface area contributed by atoms with Crippen molar-refractivity contribution in [2.75, 3.05) is 6.61 Å². The van der Waals surface area contributed by atoms with Crippen LogP contribution in [0.4, 0.5) is 0 Å². The molecule has 0 unspecified atom stereocenters. The molecule has 0 amide bonds. The average Bonchev–Trinajstić information content (AvgIpc) is 2.62. The van der Waals surface area contributed by atoms with Gasteiger partial charge in [-0.1, -0.05) is 11.6 Å². The highest BCUT2D eigenvalue weighted by Crippen LogP contribution is 2.18. The predicted molar refractivity (Wildman–Crippen MR) is 61.7 cm³/mol. The zero-order chi connectivity index (χ0) is 11.7. The number of aromatic nitrogens is 3. The number of hydrogen-bond donors (Lipinski definition) is 0. The molecular formula is C9H7BrClN3O2. The van der Waals surface area contributed by atoms with E-state index >= 15 is 0 Å². The molecule has 2 aromatic rings. The van der Waals surface area contributed by atoms with Crippen molar-refractivity contribution >= 4 is 39.1 Å². The molecule has 0 saturated heterocycles. The van der Waals surface area contributed by atoms with E-state index in [9.17, 15) is 4.79 Å². The van der Waals surface area contributed by atoms with Crippen molar-refractivity contribution in [1.82, 2.24) is 14.4 Å². The maximum atomic E-state index is 11.4. The molecule has 2 rings (SSSR count). The summed E-state index contributed by atoms with van der Waals surface area (Å²) in [5.74, 6) is -0.474. The zero-order valence-corrected chi connectivity index (χ0v) is 10.6. The first-order valence-corrected chi connectivity index (χ1v) is 5.66. The Morgan fingerprint density at radius 1 is 1.56 bits per heavy atom. The molecule has 16 heavy (non-hydrogen) atoms. The lowest BCUT2D eigenvalue weighted by Crippen LogP contribution is -2.04. The van der Waals surface area contributed by atoms with Gasteiger partial charge in [-0.3, -0.25) is 0 Å². The van der Waals surface area contributed by atoms with Gasteiger partial charge in [0.15, 0.2) is 16.5 Å². The van der Waals surface area contributed by atoms with Crippen molar-refractivity contribution in [3.8, 4) is 0 Å². The van der Waals surface area contributed by atoms with Gasteiger partial charge >= 0.3 is 5.97 Å². The van der Waals surface area contributed by atoms with Gasteiger partial charge in [-0.25, -0.2) is 14.8 Å². The van der Waals surface area contributed by atoms with Crippen LogP contribution in [0.2, 0.25) is 5.15 Å². The molecule has 5 nitrogen and oxygen atoms in total. The molecule has 0 aliphatic rings. The molecule has 2 aromatic heterocycles. The largest absolute Gasteiger partial charge is 0.461 e. The molecular weight excluding hydrogens is 297 g/mol. The van der Waals surface area contributed by atoms with E-state index in [1.807, 2.05) is 0 Å². The number of fused-ring (bicyclic) bond motifs is 1. The van der Waals surface area contributed by atoms with Crippen LogP contribution >= 0.6 is 27.5 Å². The summed E-state index contributed by atoms with van der Waals surface area (Å²) in [5, 5.41) is 0.227. The number of carbonyl (C=O) groups is 1. The molecule has 0 radical (unpaired) electrons. The van der Waals surface area contributed by atoms with Crippen molar-refractivity contribution in [1.29, 1.82) is 0 Å². The quantitative estimate of drug-likeness (QED) is 0.799. The first kappa shape index (κ1) is 11.3. The summed E-state index contributed by atoms with van der Waals surface area (Å²) in [6.07, 6.45) is 3.21. The molecule has 0 N–H and O–H groups in total. The van der Waals surface area contributed by atoms with E-state index in [0.29, 0.717) is 16.9 Å². The van der Waals surface area contributed by atoms with Crippen LogP contribution in [-0.2, 0) is 4.74 Å². The number of imidazole rings is 1. The molecule has 0 aliphatic heterocycles. The van der Waals surface area contributed by atoms with Crippen molar-refractivity contribution in [3.63, 3.8) is 0 Å². The Kier molecular flexibility index (Phi) is 3.11. The van der Waals surface area contributed by atoms with Crippen LogP contribution in [0.3, 0.4) is 0 Å². The summed E-state index contributed by atoms with van der Waals surface area (Å²) < 4.78 is 7.02. The normalized spacial score (nSPS) is 10.7. The summed E-state index contributed by atoms with van der Waals surface area (Å²) in [6.45, 7) is 2.04. The van der Waals surface area contributed by atoms with E-state index in [4.69, 9.17) is 16.3 Å². The van der Waals surface area contributed by atoms with Crippen LogP contribution in [0.25, 0.3) is 5.65 Å². The summed E-state index contributed by atoms with van der Waals surface area (Å²) >= 11 is 9.08. The highest BCUT2D eigenvalue weighted by Gasteiger charge is 2.14. The second-order valence-corrected chi connectivity index (χ2v) is 4.10. The van der Waals surface area contributed by atoms with Gasteiger partial charge in [-0.2, -0.15) is 0 Å². The Bertz CT molecular complexity index is 555. The molecule has 0 fully saturated rings. The van der Waals surface area contributed by atoms with Gasteiger partial charge in [0.25, 0.3) is 0 Å².